The Balaban J connectivity index is 0.00000300. The standard InChI is InChI=1S/C20H30N6O2.HI/c1-3-21-19(23-15-16-8-6-9-17(14-16)28-2)22-11-7-13-26-20(27)25-12-5-4-10-18(25)24-26;/h6,8-9,14H,3-5,7,10-13,15H2,1-2H3,(H2,21,22,23);1H. The van der Waals surface area contributed by atoms with Gasteiger partial charge in [0.05, 0.1) is 13.7 Å². The number of fused-ring (bicyclic) bond motifs is 1. The molecule has 0 saturated carbocycles. The van der Waals surface area contributed by atoms with Crippen LogP contribution in [0.1, 0.15) is 37.6 Å². The largest absolute Gasteiger partial charge is 0.497 e. The van der Waals surface area contributed by atoms with Crippen LogP contribution in [0, 0.1) is 0 Å². The second kappa shape index (κ2) is 11.8. The topological polar surface area (TPSA) is 85.5 Å². The van der Waals surface area contributed by atoms with Gasteiger partial charge in [0.2, 0.25) is 0 Å². The lowest BCUT2D eigenvalue weighted by Crippen LogP contribution is -2.38. The van der Waals surface area contributed by atoms with Gasteiger partial charge in [0.15, 0.2) is 5.96 Å². The average molecular weight is 514 g/mol. The Labute approximate surface area is 188 Å². The lowest BCUT2D eigenvalue weighted by Gasteiger charge is -2.11. The van der Waals surface area contributed by atoms with Crippen LogP contribution in [0.3, 0.4) is 0 Å². The second-order valence-electron chi connectivity index (χ2n) is 6.86. The molecule has 1 aliphatic rings. The highest BCUT2D eigenvalue weighted by atomic mass is 127. The van der Waals surface area contributed by atoms with Crippen LogP contribution >= 0.6 is 24.0 Å². The molecule has 0 fully saturated rings. The Bertz CT molecular complexity index is 861. The van der Waals surface area contributed by atoms with Crippen LogP contribution in [0.5, 0.6) is 5.75 Å². The minimum absolute atomic E-state index is 0. The van der Waals surface area contributed by atoms with E-state index in [0.29, 0.717) is 13.1 Å². The predicted molar refractivity (Wildman–Crippen MR) is 125 cm³/mol. The minimum atomic E-state index is 0. The summed E-state index contributed by atoms with van der Waals surface area (Å²) in [5, 5.41) is 11.1. The van der Waals surface area contributed by atoms with E-state index in [1.54, 1.807) is 11.8 Å². The maximum atomic E-state index is 12.4. The first-order chi connectivity index (χ1) is 13.7. The highest BCUT2D eigenvalue weighted by Crippen LogP contribution is 2.13. The summed E-state index contributed by atoms with van der Waals surface area (Å²) in [4.78, 5) is 17.0. The molecule has 160 valence electrons. The van der Waals surface area contributed by atoms with E-state index < -0.39 is 0 Å². The summed E-state index contributed by atoms with van der Waals surface area (Å²) in [7, 11) is 1.66. The van der Waals surface area contributed by atoms with E-state index in [1.807, 2.05) is 35.8 Å². The number of nitrogens with zero attached hydrogens (tertiary/aromatic N) is 4. The van der Waals surface area contributed by atoms with Gasteiger partial charge in [-0.05, 0) is 43.9 Å². The Morgan fingerprint density at radius 1 is 1.31 bits per heavy atom. The van der Waals surface area contributed by atoms with Gasteiger partial charge in [-0.2, -0.15) is 5.10 Å². The van der Waals surface area contributed by atoms with Gasteiger partial charge in [0.25, 0.3) is 0 Å². The van der Waals surface area contributed by atoms with Gasteiger partial charge in [-0.3, -0.25) is 4.57 Å². The number of guanidine groups is 1. The quantitative estimate of drug-likeness (QED) is 0.244. The van der Waals surface area contributed by atoms with E-state index in [2.05, 4.69) is 20.7 Å². The molecule has 2 N–H and O–H groups in total. The monoisotopic (exact) mass is 514 g/mol. The highest BCUT2D eigenvalue weighted by molar-refractivity contribution is 14.0. The molecule has 8 nitrogen and oxygen atoms in total. The number of halogens is 1. The van der Waals surface area contributed by atoms with Crippen LogP contribution in [-0.2, 0) is 26.1 Å². The van der Waals surface area contributed by atoms with Crippen molar-refractivity contribution in [1.29, 1.82) is 0 Å². The van der Waals surface area contributed by atoms with Gasteiger partial charge in [-0.15, -0.1) is 24.0 Å². The fourth-order valence-electron chi connectivity index (χ4n) is 3.31. The fraction of sp³-hybridized carbons (Fsp3) is 0.550. The van der Waals surface area contributed by atoms with Crippen molar-refractivity contribution in [3.8, 4) is 5.75 Å². The molecule has 0 saturated heterocycles. The Kier molecular flexibility index (Phi) is 9.49. The lowest BCUT2D eigenvalue weighted by atomic mass is 10.2. The Morgan fingerprint density at radius 2 is 2.17 bits per heavy atom. The number of hydrogen-bond acceptors (Lipinski definition) is 4. The van der Waals surface area contributed by atoms with Crippen molar-refractivity contribution in [3.63, 3.8) is 0 Å². The number of nitrogens with one attached hydrogen (secondary N) is 2. The Hall–Kier alpha value is -2.04. The first kappa shape index (κ1) is 23.2. The van der Waals surface area contributed by atoms with Crippen molar-refractivity contribution in [2.75, 3.05) is 20.2 Å². The summed E-state index contributed by atoms with van der Waals surface area (Å²) < 4.78 is 8.67. The second-order valence-corrected chi connectivity index (χ2v) is 6.86. The molecule has 1 aromatic heterocycles. The smallest absolute Gasteiger partial charge is 0.345 e. The predicted octanol–water partition coefficient (Wildman–Crippen LogP) is 2.15. The minimum Gasteiger partial charge on any atom is -0.497 e. The summed E-state index contributed by atoms with van der Waals surface area (Å²) in [6.07, 6.45) is 3.89. The van der Waals surface area contributed by atoms with Gasteiger partial charge in [0, 0.05) is 32.6 Å². The lowest BCUT2D eigenvalue weighted by molar-refractivity contribution is 0.414. The number of aromatic nitrogens is 3. The van der Waals surface area contributed by atoms with E-state index in [0.717, 1.165) is 68.4 Å². The van der Waals surface area contributed by atoms with Gasteiger partial charge >= 0.3 is 5.69 Å². The van der Waals surface area contributed by atoms with Crippen LogP contribution < -0.4 is 21.1 Å². The molecule has 0 aliphatic carbocycles. The maximum absolute atomic E-state index is 12.4. The zero-order valence-corrected chi connectivity index (χ0v) is 19.5. The van der Waals surface area contributed by atoms with Crippen LogP contribution in [0.25, 0.3) is 0 Å². The molecule has 29 heavy (non-hydrogen) atoms. The van der Waals surface area contributed by atoms with Crippen molar-refractivity contribution < 1.29 is 4.74 Å². The summed E-state index contributed by atoms with van der Waals surface area (Å²) in [5.74, 6) is 2.53. The van der Waals surface area contributed by atoms with Crippen molar-refractivity contribution >= 4 is 29.9 Å². The molecule has 2 aromatic rings. The van der Waals surface area contributed by atoms with E-state index >= 15 is 0 Å². The molecule has 1 aliphatic heterocycles. The number of aliphatic imine (C=N–C) groups is 1. The number of rotatable bonds is 8. The molecule has 9 heteroatoms. The van der Waals surface area contributed by atoms with Crippen molar-refractivity contribution in [2.45, 2.75) is 52.2 Å². The zero-order valence-electron chi connectivity index (χ0n) is 17.2. The molecule has 0 amide bonds. The van der Waals surface area contributed by atoms with Crippen molar-refractivity contribution in [2.24, 2.45) is 4.99 Å². The molecule has 2 heterocycles. The number of benzene rings is 1. The van der Waals surface area contributed by atoms with Gasteiger partial charge in [0.1, 0.15) is 11.6 Å². The highest BCUT2D eigenvalue weighted by Gasteiger charge is 2.16. The summed E-state index contributed by atoms with van der Waals surface area (Å²) in [6, 6.07) is 7.90. The van der Waals surface area contributed by atoms with Gasteiger partial charge < -0.3 is 15.4 Å². The van der Waals surface area contributed by atoms with Crippen LogP contribution in [0.15, 0.2) is 34.1 Å². The maximum Gasteiger partial charge on any atom is 0.345 e. The number of ether oxygens (including phenoxy) is 1. The van der Waals surface area contributed by atoms with E-state index in [-0.39, 0.29) is 29.7 Å². The molecule has 0 radical (unpaired) electrons. The van der Waals surface area contributed by atoms with E-state index in [4.69, 9.17) is 4.74 Å². The summed E-state index contributed by atoms with van der Waals surface area (Å²) >= 11 is 0. The molecule has 0 atom stereocenters. The normalized spacial score (nSPS) is 13.4. The third-order valence-corrected chi connectivity index (χ3v) is 4.77. The molecular formula is C20H31IN6O2. The van der Waals surface area contributed by atoms with Crippen LogP contribution in [-0.4, -0.2) is 40.5 Å². The number of methoxy groups -OCH3 is 1. The van der Waals surface area contributed by atoms with Crippen molar-refractivity contribution in [1.82, 2.24) is 25.0 Å². The first-order valence-electron chi connectivity index (χ1n) is 10.0. The van der Waals surface area contributed by atoms with Crippen molar-refractivity contribution in [3.05, 3.63) is 46.1 Å². The molecule has 0 spiro atoms. The number of aryl methyl sites for hydroxylation is 2. The SMILES string of the molecule is CCNC(=NCc1cccc(OC)c1)NCCCn1nc2n(c1=O)CCCC2.I. The van der Waals surface area contributed by atoms with Crippen LogP contribution in [0.2, 0.25) is 0 Å². The van der Waals surface area contributed by atoms with E-state index in [1.165, 1.54) is 0 Å². The van der Waals surface area contributed by atoms with Gasteiger partial charge in [-0.1, -0.05) is 12.1 Å². The summed E-state index contributed by atoms with van der Waals surface area (Å²) in [6.45, 7) is 5.53. The third kappa shape index (κ3) is 6.48. The average Bonchev–Trinajstić information content (AvgIpc) is 3.05. The zero-order chi connectivity index (χ0) is 19.8. The molecular weight excluding hydrogens is 483 g/mol. The van der Waals surface area contributed by atoms with Crippen LogP contribution in [0.4, 0.5) is 0 Å². The molecule has 1 aromatic carbocycles. The molecule has 0 bridgehead atoms. The molecule has 0 unspecified atom stereocenters. The van der Waals surface area contributed by atoms with Gasteiger partial charge in [-0.25, -0.2) is 14.5 Å². The first-order valence-corrected chi connectivity index (χ1v) is 10.0. The summed E-state index contributed by atoms with van der Waals surface area (Å²) in [5.41, 5.74) is 1.11. The number of hydrogen-bond donors (Lipinski definition) is 2. The molecule has 3 rings (SSSR count). The fourth-order valence-corrected chi connectivity index (χ4v) is 3.31. The third-order valence-electron chi connectivity index (χ3n) is 4.77. The Morgan fingerprint density at radius 3 is 2.93 bits per heavy atom. The van der Waals surface area contributed by atoms with E-state index in [9.17, 15) is 4.79 Å².